The van der Waals surface area contributed by atoms with Gasteiger partial charge in [-0.25, -0.2) is 0 Å². The summed E-state index contributed by atoms with van der Waals surface area (Å²) in [7, 11) is 0. The second-order valence-electron chi connectivity index (χ2n) is 7.59. The monoisotopic (exact) mass is 287 g/mol. The molecule has 3 nitrogen and oxygen atoms in total. The van der Waals surface area contributed by atoms with Crippen LogP contribution in [0.1, 0.15) is 33.1 Å². The molecule has 2 saturated heterocycles. The Morgan fingerprint density at radius 1 is 1.00 bits per heavy atom. The molecule has 0 amide bonds. The van der Waals surface area contributed by atoms with Gasteiger partial charge in [0.2, 0.25) is 0 Å². The van der Waals surface area contributed by atoms with Crippen molar-refractivity contribution >= 4 is 5.69 Å². The molecule has 2 N–H and O–H groups in total. The minimum atomic E-state index is 0.235. The Morgan fingerprint density at radius 3 is 2.19 bits per heavy atom. The average molecular weight is 287 g/mol. The Kier molecular flexibility index (Phi) is 3.98. The van der Waals surface area contributed by atoms with E-state index >= 15 is 0 Å². The van der Waals surface area contributed by atoms with Crippen molar-refractivity contribution < 1.29 is 0 Å². The lowest BCUT2D eigenvalue weighted by Crippen LogP contribution is -2.59. The summed E-state index contributed by atoms with van der Waals surface area (Å²) >= 11 is 0. The Bertz CT molecular complexity index is 461. The SMILES string of the molecule is CC1(C)CCN(C2(CN)CCN(c3ccccc3)CC2)C1. The third kappa shape index (κ3) is 2.95. The number of anilines is 1. The van der Waals surface area contributed by atoms with Crippen molar-refractivity contribution in [3.63, 3.8) is 0 Å². The van der Waals surface area contributed by atoms with E-state index in [4.69, 9.17) is 5.73 Å². The predicted octanol–water partition coefficient (Wildman–Crippen LogP) is 2.72. The summed E-state index contributed by atoms with van der Waals surface area (Å²) in [5.74, 6) is 0. The quantitative estimate of drug-likeness (QED) is 0.928. The number of nitrogens with zero attached hydrogens (tertiary/aromatic N) is 2. The Balaban J connectivity index is 1.68. The maximum Gasteiger partial charge on any atom is 0.0366 e. The summed E-state index contributed by atoms with van der Waals surface area (Å²) in [5.41, 5.74) is 8.27. The van der Waals surface area contributed by atoms with Gasteiger partial charge in [-0.1, -0.05) is 32.0 Å². The van der Waals surface area contributed by atoms with Gasteiger partial charge in [-0.2, -0.15) is 0 Å². The summed E-state index contributed by atoms with van der Waals surface area (Å²) in [4.78, 5) is 5.20. The van der Waals surface area contributed by atoms with Gasteiger partial charge in [0.25, 0.3) is 0 Å². The molecule has 2 aliphatic rings. The van der Waals surface area contributed by atoms with Gasteiger partial charge < -0.3 is 10.6 Å². The summed E-state index contributed by atoms with van der Waals surface area (Å²) in [6, 6.07) is 10.8. The van der Waals surface area contributed by atoms with Crippen LogP contribution in [0.4, 0.5) is 5.69 Å². The fourth-order valence-electron chi connectivity index (χ4n) is 3.99. The minimum Gasteiger partial charge on any atom is -0.371 e. The number of piperidine rings is 1. The Labute approximate surface area is 129 Å². The highest BCUT2D eigenvalue weighted by molar-refractivity contribution is 5.46. The van der Waals surface area contributed by atoms with Crippen molar-refractivity contribution in [2.24, 2.45) is 11.1 Å². The molecule has 3 rings (SSSR count). The third-order valence-corrected chi connectivity index (χ3v) is 5.54. The number of rotatable bonds is 3. The molecule has 3 heteroatoms. The number of hydrogen-bond donors (Lipinski definition) is 1. The second-order valence-corrected chi connectivity index (χ2v) is 7.59. The molecule has 2 heterocycles. The summed E-state index contributed by atoms with van der Waals surface area (Å²) in [6.45, 7) is 10.2. The van der Waals surface area contributed by atoms with Gasteiger partial charge in [0, 0.05) is 37.4 Å². The van der Waals surface area contributed by atoms with Gasteiger partial charge in [-0.3, -0.25) is 4.90 Å². The first-order chi connectivity index (χ1) is 10.0. The lowest BCUT2D eigenvalue weighted by Gasteiger charge is -2.48. The van der Waals surface area contributed by atoms with Gasteiger partial charge in [-0.15, -0.1) is 0 Å². The molecule has 0 radical (unpaired) electrons. The molecule has 0 atom stereocenters. The lowest BCUT2D eigenvalue weighted by molar-refractivity contribution is 0.0843. The van der Waals surface area contributed by atoms with Crippen LogP contribution in [0.25, 0.3) is 0 Å². The fourth-order valence-corrected chi connectivity index (χ4v) is 3.99. The molecule has 0 aliphatic carbocycles. The number of benzene rings is 1. The molecule has 0 aromatic heterocycles. The number of para-hydroxylation sites is 1. The van der Waals surface area contributed by atoms with Crippen LogP contribution in [-0.2, 0) is 0 Å². The number of nitrogens with two attached hydrogens (primary N) is 1. The van der Waals surface area contributed by atoms with Crippen molar-refractivity contribution in [3.8, 4) is 0 Å². The zero-order valence-corrected chi connectivity index (χ0v) is 13.5. The molecule has 0 bridgehead atoms. The molecule has 0 unspecified atom stereocenters. The van der Waals surface area contributed by atoms with E-state index in [2.05, 4.69) is 54.0 Å². The number of likely N-dealkylation sites (tertiary alicyclic amines) is 1. The van der Waals surface area contributed by atoms with Crippen LogP contribution in [0.15, 0.2) is 30.3 Å². The molecular weight excluding hydrogens is 258 g/mol. The predicted molar refractivity (Wildman–Crippen MR) is 89.6 cm³/mol. The molecular formula is C18H29N3. The molecule has 0 spiro atoms. The number of hydrogen-bond acceptors (Lipinski definition) is 3. The fraction of sp³-hybridized carbons (Fsp3) is 0.667. The van der Waals surface area contributed by atoms with Gasteiger partial charge in [0.05, 0.1) is 0 Å². The van der Waals surface area contributed by atoms with Crippen LogP contribution in [0, 0.1) is 5.41 Å². The molecule has 2 aliphatic heterocycles. The first-order valence-electron chi connectivity index (χ1n) is 8.30. The van der Waals surface area contributed by atoms with Crippen LogP contribution in [0.5, 0.6) is 0 Å². The first kappa shape index (κ1) is 14.9. The van der Waals surface area contributed by atoms with Crippen molar-refractivity contribution in [1.29, 1.82) is 0 Å². The maximum absolute atomic E-state index is 6.23. The van der Waals surface area contributed by atoms with E-state index in [0.29, 0.717) is 5.41 Å². The van der Waals surface area contributed by atoms with Gasteiger partial charge >= 0.3 is 0 Å². The average Bonchev–Trinajstić information content (AvgIpc) is 2.89. The second kappa shape index (κ2) is 5.62. The maximum atomic E-state index is 6.23. The molecule has 0 saturated carbocycles. The van der Waals surface area contributed by atoms with Crippen LogP contribution in [0.2, 0.25) is 0 Å². The highest BCUT2D eigenvalue weighted by atomic mass is 15.3. The summed E-state index contributed by atoms with van der Waals surface area (Å²) < 4.78 is 0. The van der Waals surface area contributed by atoms with Crippen LogP contribution >= 0.6 is 0 Å². The van der Waals surface area contributed by atoms with Gasteiger partial charge in [0.15, 0.2) is 0 Å². The standard InChI is InChI=1S/C18H29N3/c1-17(2)8-13-21(15-17)18(14-19)9-11-20(12-10-18)16-6-4-3-5-7-16/h3-7H,8-15,19H2,1-2H3. The zero-order valence-electron chi connectivity index (χ0n) is 13.5. The van der Waals surface area contributed by atoms with E-state index in [9.17, 15) is 0 Å². The van der Waals surface area contributed by atoms with Gasteiger partial charge in [-0.05, 0) is 43.4 Å². The van der Waals surface area contributed by atoms with Crippen LogP contribution < -0.4 is 10.6 Å². The lowest BCUT2D eigenvalue weighted by atomic mass is 9.85. The normalized spacial score (nSPS) is 25.2. The molecule has 1 aromatic carbocycles. The summed E-state index contributed by atoms with van der Waals surface area (Å²) in [6.07, 6.45) is 3.68. The highest BCUT2D eigenvalue weighted by Crippen LogP contribution is 2.38. The first-order valence-corrected chi connectivity index (χ1v) is 8.30. The van der Waals surface area contributed by atoms with Crippen LogP contribution in [0.3, 0.4) is 0 Å². The van der Waals surface area contributed by atoms with Crippen molar-refractivity contribution in [3.05, 3.63) is 30.3 Å². The van der Waals surface area contributed by atoms with E-state index < -0.39 is 0 Å². The Morgan fingerprint density at radius 2 is 1.67 bits per heavy atom. The van der Waals surface area contributed by atoms with E-state index in [0.717, 1.165) is 19.6 Å². The van der Waals surface area contributed by atoms with Crippen molar-refractivity contribution in [2.45, 2.75) is 38.6 Å². The Hall–Kier alpha value is -1.06. The van der Waals surface area contributed by atoms with E-state index in [-0.39, 0.29) is 5.54 Å². The molecule has 116 valence electrons. The van der Waals surface area contributed by atoms with Crippen molar-refractivity contribution in [1.82, 2.24) is 4.90 Å². The third-order valence-electron chi connectivity index (χ3n) is 5.54. The van der Waals surface area contributed by atoms with E-state index in [1.54, 1.807) is 0 Å². The van der Waals surface area contributed by atoms with E-state index in [1.165, 1.54) is 38.0 Å². The largest absolute Gasteiger partial charge is 0.371 e. The summed E-state index contributed by atoms with van der Waals surface area (Å²) in [5, 5.41) is 0. The van der Waals surface area contributed by atoms with Crippen molar-refractivity contribution in [2.75, 3.05) is 37.6 Å². The van der Waals surface area contributed by atoms with Crippen LogP contribution in [-0.4, -0.2) is 43.2 Å². The topological polar surface area (TPSA) is 32.5 Å². The molecule has 2 fully saturated rings. The van der Waals surface area contributed by atoms with Gasteiger partial charge in [0.1, 0.15) is 0 Å². The molecule has 21 heavy (non-hydrogen) atoms. The smallest absolute Gasteiger partial charge is 0.0366 e. The van der Waals surface area contributed by atoms with E-state index in [1.807, 2.05) is 0 Å². The minimum absolute atomic E-state index is 0.235. The zero-order chi connectivity index (χ0) is 14.9. The molecule has 1 aromatic rings. The highest BCUT2D eigenvalue weighted by Gasteiger charge is 2.43.